The highest BCUT2D eigenvalue weighted by Gasteiger charge is 2.15. The monoisotopic (exact) mass is 251 g/mol. The molecule has 2 rings (SSSR count). The van der Waals surface area contributed by atoms with Gasteiger partial charge in [0.25, 0.3) is 0 Å². The van der Waals surface area contributed by atoms with E-state index in [-0.39, 0.29) is 0 Å². The first-order valence-corrected chi connectivity index (χ1v) is 6.42. The zero-order valence-electron chi connectivity index (χ0n) is 10.8. The van der Waals surface area contributed by atoms with Gasteiger partial charge < -0.3 is 15.4 Å². The van der Waals surface area contributed by atoms with Gasteiger partial charge in [-0.2, -0.15) is 5.10 Å². The van der Waals surface area contributed by atoms with E-state index in [1.807, 2.05) is 16.9 Å². The Kier molecular flexibility index (Phi) is 5.01. The molecule has 0 radical (unpaired) electrons. The molecular weight excluding hydrogens is 230 g/mol. The van der Waals surface area contributed by atoms with Crippen molar-refractivity contribution in [1.29, 1.82) is 0 Å². The zero-order valence-corrected chi connectivity index (χ0v) is 10.8. The molecule has 0 bridgehead atoms. The van der Waals surface area contributed by atoms with E-state index in [2.05, 4.69) is 20.7 Å². The summed E-state index contributed by atoms with van der Waals surface area (Å²) in [7, 11) is 1.78. The van der Waals surface area contributed by atoms with Crippen LogP contribution < -0.4 is 10.6 Å². The number of hydrogen-bond donors (Lipinski definition) is 2. The van der Waals surface area contributed by atoms with Crippen molar-refractivity contribution in [2.24, 2.45) is 4.99 Å². The number of aromatic nitrogens is 2. The lowest BCUT2D eigenvalue weighted by Crippen LogP contribution is -2.42. The number of guanidine groups is 1. The highest BCUT2D eigenvalue weighted by molar-refractivity contribution is 5.79. The lowest BCUT2D eigenvalue weighted by atomic mass is 10.2. The molecule has 18 heavy (non-hydrogen) atoms. The Hall–Kier alpha value is -1.56. The van der Waals surface area contributed by atoms with Crippen molar-refractivity contribution in [2.75, 3.05) is 26.7 Å². The van der Waals surface area contributed by atoms with Gasteiger partial charge in [-0.05, 0) is 18.9 Å². The van der Waals surface area contributed by atoms with Gasteiger partial charge in [-0.3, -0.25) is 9.67 Å². The average Bonchev–Trinajstić information content (AvgIpc) is 3.06. The summed E-state index contributed by atoms with van der Waals surface area (Å²) in [4.78, 5) is 4.18. The third kappa shape index (κ3) is 4.03. The molecule has 1 aromatic heterocycles. The quantitative estimate of drug-likeness (QED) is 0.581. The first-order valence-electron chi connectivity index (χ1n) is 6.42. The predicted molar refractivity (Wildman–Crippen MR) is 70.6 cm³/mol. The molecule has 1 aliphatic rings. The maximum Gasteiger partial charge on any atom is 0.191 e. The molecular formula is C12H21N5O. The van der Waals surface area contributed by atoms with Gasteiger partial charge in [0, 0.05) is 39.1 Å². The average molecular weight is 251 g/mol. The van der Waals surface area contributed by atoms with E-state index in [0.29, 0.717) is 6.10 Å². The van der Waals surface area contributed by atoms with Crippen molar-refractivity contribution in [1.82, 2.24) is 20.4 Å². The first-order chi connectivity index (χ1) is 8.88. The van der Waals surface area contributed by atoms with Crippen LogP contribution in [-0.4, -0.2) is 48.6 Å². The lowest BCUT2D eigenvalue weighted by molar-refractivity contribution is 0.114. The van der Waals surface area contributed by atoms with Gasteiger partial charge in [0.1, 0.15) is 0 Å². The SMILES string of the molecule is CN=C(NCCn1cccn1)NCC1CCCO1. The van der Waals surface area contributed by atoms with Crippen LogP contribution in [0.15, 0.2) is 23.5 Å². The summed E-state index contributed by atoms with van der Waals surface area (Å²) in [6, 6.07) is 1.92. The summed E-state index contributed by atoms with van der Waals surface area (Å²) in [5, 5.41) is 10.7. The summed E-state index contributed by atoms with van der Waals surface area (Å²) >= 11 is 0. The molecule has 1 fully saturated rings. The number of hydrogen-bond acceptors (Lipinski definition) is 3. The summed E-state index contributed by atoms with van der Waals surface area (Å²) in [6.45, 7) is 3.33. The van der Waals surface area contributed by atoms with Gasteiger partial charge in [0.05, 0.1) is 12.6 Å². The van der Waals surface area contributed by atoms with Crippen LogP contribution in [0.1, 0.15) is 12.8 Å². The third-order valence-electron chi connectivity index (χ3n) is 2.94. The van der Waals surface area contributed by atoms with Crippen molar-refractivity contribution in [3.05, 3.63) is 18.5 Å². The fourth-order valence-corrected chi connectivity index (χ4v) is 1.96. The number of nitrogens with one attached hydrogen (secondary N) is 2. The van der Waals surface area contributed by atoms with Crippen LogP contribution in [0.4, 0.5) is 0 Å². The largest absolute Gasteiger partial charge is 0.376 e. The van der Waals surface area contributed by atoms with E-state index in [4.69, 9.17) is 4.74 Å². The molecule has 1 unspecified atom stereocenters. The standard InChI is InChI=1S/C12H21N5O/c1-13-12(15-10-11-4-2-9-18-11)14-6-8-17-7-3-5-16-17/h3,5,7,11H,2,4,6,8-10H2,1H3,(H2,13,14,15). The van der Waals surface area contributed by atoms with Crippen molar-refractivity contribution >= 4 is 5.96 Å². The first kappa shape index (κ1) is 12.9. The van der Waals surface area contributed by atoms with Crippen molar-refractivity contribution in [3.63, 3.8) is 0 Å². The highest BCUT2D eigenvalue weighted by Crippen LogP contribution is 2.10. The van der Waals surface area contributed by atoms with E-state index < -0.39 is 0 Å². The van der Waals surface area contributed by atoms with Crippen LogP contribution in [0.25, 0.3) is 0 Å². The second-order valence-corrected chi connectivity index (χ2v) is 4.28. The molecule has 1 aliphatic heterocycles. The summed E-state index contributed by atoms with van der Waals surface area (Å²) in [5.74, 6) is 0.817. The Morgan fingerprint density at radius 3 is 3.17 bits per heavy atom. The Labute approximate surface area is 107 Å². The van der Waals surface area contributed by atoms with Crippen molar-refractivity contribution in [3.8, 4) is 0 Å². The fourth-order valence-electron chi connectivity index (χ4n) is 1.96. The topological polar surface area (TPSA) is 63.5 Å². The van der Waals surface area contributed by atoms with Gasteiger partial charge in [0.15, 0.2) is 5.96 Å². The number of aliphatic imine (C=N–C) groups is 1. The Balaban J connectivity index is 1.62. The molecule has 0 spiro atoms. The van der Waals surface area contributed by atoms with Crippen LogP contribution in [-0.2, 0) is 11.3 Å². The Morgan fingerprint density at radius 1 is 1.56 bits per heavy atom. The van der Waals surface area contributed by atoms with E-state index in [1.54, 1.807) is 13.2 Å². The molecule has 1 atom stereocenters. The summed E-state index contributed by atoms with van der Waals surface area (Å²) in [6.07, 6.45) is 6.36. The van der Waals surface area contributed by atoms with Crippen LogP contribution in [0, 0.1) is 0 Å². The molecule has 0 aromatic carbocycles. The molecule has 0 amide bonds. The van der Waals surface area contributed by atoms with Gasteiger partial charge in [-0.25, -0.2) is 0 Å². The van der Waals surface area contributed by atoms with E-state index >= 15 is 0 Å². The van der Waals surface area contributed by atoms with Crippen LogP contribution >= 0.6 is 0 Å². The van der Waals surface area contributed by atoms with Crippen LogP contribution in [0.2, 0.25) is 0 Å². The molecule has 1 aromatic rings. The molecule has 2 heterocycles. The Bertz CT molecular complexity index is 357. The van der Waals surface area contributed by atoms with E-state index in [0.717, 1.165) is 45.0 Å². The van der Waals surface area contributed by atoms with Gasteiger partial charge in [0.2, 0.25) is 0 Å². The lowest BCUT2D eigenvalue weighted by Gasteiger charge is -2.14. The molecule has 1 saturated heterocycles. The van der Waals surface area contributed by atoms with Crippen LogP contribution in [0.3, 0.4) is 0 Å². The minimum absolute atomic E-state index is 0.328. The summed E-state index contributed by atoms with van der Waals surface area (Å²) < 4.78 is 7.44. The maximum atomic E-state index is 5.55. The third-order valence-corrected chi connectivity index (χ3v) is 2.94. The van der Waals surface area contributed by atoms with Gasteiger partial charge >= 0.3 is 0 Å². The maximum absolute atomic E-state index is 5.55. The predicted octanol–water partition coefficient (Wildman–Crippen LogP) is 0.227. The number of rotatable bonds is 5. The Morgan fingerprint density at radius 2 is 2.50 bits per heavy atom. The minimum atomic E-state index is 0.328. The molecule has 6 nitrogen and oxygen atoms in total. The second-order valence-electron chi connectivity index (χ2n) is 4.28. The molecule has 0 aliphatic carbocycles. The highest BCUT2D eigenvalue weighted by atomic mass is 16.5. The van der Waals surface area contributed by atoms with E-state index in [9.17, 15) is 0 Å². The molecule has 2 N–H and O–H groups in total. The smallest absolute Gasteiger partial charge is 0.191 e. The zero-order chi connectivity index (χ0) is 12.6. The van der Waals surface area contributed by atoms with Crippen LogP contribution in [0.5, 0.6) is 0 Å². The summed E-state index contributed by atoms with van der Waals surface area (Å²) in [5.41, 5.74) is 0. The second kappa shape index (κ2) is 7.00. The van der Waals surface area contributed by atoms with Gasteiger partial charge in [-0.15, -0.1) is 0 Å². The fraction of sp³-hybridized carbons (Fsp3) is 0.667. The number of ether oxygens (including phenoxy) is 1. The molecule has 100 valence electrons. The van der Waals surface area contributed by atoms with Gasteiger partial charge in [-0.1, -0.05) is 0 Å². The number of nitrogens with zero attached hydrogens (tertiary/aromatic N) is 3. The normalized spacial score (nSPS) is 20.1. The molecule has 6 heteroatoms. The van der Waals surface area contributed by atoms with Crippen molar-refractivity contribution in [2.45, 2.75) is 25.5 Å². The van der Waals surface area contributed by atoms with E-state index in [1.165, 1.54) is 0 Å². The minimum Gasteiger partial charge on any atom is -0.376 e. The van der Waals surface area contributed by atoms with Crippen molar-refractivity contribution < 1.29 is 4.74 Å². The molecule has 0 saturated carbocycles.